The Labute approximate surface area is 223 Å². The fourth-order valence-corrected chi connectivity index (χ4v) is 3.31. The lowest BCUT2D eigenvalue weighted by Gasteiger charge is -2.23. The number of carbonyl (C=O) groups excluding carboxylic acids is 5. The minimum atomic E-state index is -1.38. The first-order chi connectivity index (χ1) is 18.4. The van der Waals surface area contributed by atoms with Crippen molar-refractivity contribution in [2.75, 3.05) is 5.32 Å². The predicted octanol–water partition coefficient (Wildman–Crippen LogP) is 1.88. The summed E-state index contributed by atoms with van der Waals surface area (Å²) in [6, 6.07) is 8.98. The summed E-state index contributed by atoms with van der Waals surface area (Å²) in [6.45, 7) is 4.78. The average Bonchev–Trinajstić information content (AvgIpc) is 3.17. The van der Waals surface area contributed by atoms with E-state index in [0.717, 1.165) is 10.1 Å². The molecule has 3 rings (SSSR count). The Bertz CT molecular complexity index is 1270. The molecular formula is C25H29N5O9. The Balaban J connectivity index is 1.62. The number of benzene rings is 1. The molecule has 0 aliphatic carbocycles. The molecule has 2 heterocycles. The van der Waals surface area contributed by atoms with Gasteiger partial charge in [0.2, 0.25) is 0 Å². The molecule has 0 unspecified atom stereocenters. The number of aryl methyl sites for hydroxylation is 1. The number of anilines is 1. The minimum absolute atomic E-state index is 0.0283. The van der Waals surface area contributed by atoms with E-state index in [0.29, 0.717) is 5.06 Å². The predicted molar refractivity (Wildman–Crippen MR) is 134 cm³/mol. The van der Waals surface area contributed by atoms with Crippen molar-refractivity contribution in [3.8, 4) is 0 Å². The normalized spacial score (nSPS) is 14.0. The van der Waals surface area contributed by atoms with E-state index in [2.05, 4.69) is 15.6 Å². The van der Waals surface area contributed by atoms with Gasteiger partial charge in [-0.3, -0.25) is 19.5 Å². The third-order valence-corrected chi connectivity index (χ3v) is 5.14. The van der Waals surface area contributed by atoms with Gasteiger partial charge in [-0.2, -0.15) is 4.98 Å². The van der Waals surface area contributed by atoms with E-state index in [9.17, 15) is 28.8 Å². The highest BCUT2D eigenvalue weighted by Gasteiger charge is 2.35. The molecule has 1 fully saturated rings. The Hall–Kier alpha value is -4.75. The van der Waals surface area contributed by atoms with Gasteiger partial charge in [0.05, 0.1) is 0 Å². The van der Waals surface area contributed by atoms with Crippen molar-refractivity contribution in [3.63, 3.8) is 0 Å². The topological polar surface area (TPSA) is 175 Å². The second-order valence-electron chi connectivity index (χ2n) is 9.46. The van der Waals surface area contributed by atoms with Gasteiger partial charge in [0.25, 0.3) is 11.8 Å². The van der Waals surface area contributed by atoms with Crippen LogP contribution in [0.25, 0.3) is 0 Å². The second-order valence-corrected chi connectivity index (χ2v) is 9.46. The lowest BCUT2D eigenvalue weighted by atomic mass is 10.2. The van der Waals surface area contributed by atoms with Gasteiger partial charge >= 0.3 is 23.8 Å². The molecule has 1 atom stereocenters. The minimum Gasteiger partial charge on any atom is -0.444 e. The Kier molecular flexibility index (Phi) is 9.36. The Morgan fingerprint density at radius 2 is 1.67 bits per heavy atom. The van der Waals surface area contributed by atoms with Crippen molar-refractivity contribution >= 4 is 35.8 Å². The zero-order valence-electron chi connectivity index (χ0n) is 21.7. The Morgan fingerprint density at radius 3 is 2.28 bits per heavy atom. The lowest BCUT2D eigenvalue weighted by Crippen LogP contribution is -2.47. The largest absolute Gasteiger partial charge is 0.444 e. The number of hydroxylamine groups is 2. The van der Waals surface area contributed by atoms with Crippen molar-refractivity contribution < 1.29 is 38.3 Å². The first-order valence-corrected chi connectivity index (χ1v) is 12.0. The number of aromatic nitrogens is 2. The molecule has 1 aromatic carbocycles. The van der Waals surface area contributed by atoms with Crippen LogP contribution in [0.3, 0.4) is 0 Å². The summed E-state index contributed by atoms with van der Waals surface area (Å²) in [6.07, 6.45) is -0.802. The van der Waals surface area contributed by atoms with Crippen molar-refractivity contribution in [1.82, 2.24) is 19.9 Å². The molecule has 208 valence electrons. The molecule has 4 amide bonds. The van der Waals surface area contributed by atoms with Crippen LogP contribution >= 0.6 is 0 Å². The van der Waals surface area contributed by atoms with E-state index in [1.807, 2.05) is 6.07 Å². The van der Waals surface area contributed by atoms with Crippen molar-refractivity contribution in [2.45, 2.75) is 64.8 Å². The van der Waals surface area contributed by atoms with Crippen LogP contribution < -0.4 is 16.3 Å². The number of carbonyl (C=O) groups is 5. The molecule has 0 bridgehead atoms. The molecule has 2 aromatic rings. The third kappa shape index (κ3) is 8.94. The van der Waals surface area contributed by atoms with Gasteiger partial charge in [0, 0.05) is 25.6 Å². The summed E-state index contributed by atoms with van der Waals surface area (Å²) in [7, 11) is 0. The summed E-state index contributed by atoms with van der Waals surface area (Å²) < 4.78 is 11.4. The van der Waals surface area contributed by atoms with Gasteiger partial charge in [-0.25, -0.2) is 19.2 Å². The van der Waals surface area contributed by atoms with Crippen molar-refractivity contribution in [2.24, 2.45) is 0 Å². The molecule has 1 aromatic heterocycles. The van der Waals surface area contributed by atoms with Gasteiger partial charge in [-0.05, 0) is 38.8 Å². The van der Waals surface area contributed by atoms with E-state index in [1.54, 1.807) is 45.0 Å². The number of imide groups is 1. The molecule has 0 radical (unpaired) electrons. The number of ether oxygens (including phenoxy) is 2. The van der Waals surface area contributed by atoms with Crippen LogP contribution in [-0.2, 0) is 41.8 Å². The van der Waals surface area contributed by atoms with Gasteiger partial charge < -0.3 is 19.6 Å². The molecule has 2 N–H and O–H groups in total. The van der Waals surface area contributed by atoms with Gasteiger partial charge in [0.15, 0.2) is 0 Å². The fraction of sp³-hybridized carbons (Fsp3) is 0.400. The molecule has 39 heavy (non-hydrogen) atoms. The van der Waals surface area contributed by atoms with Gasteiger partial charge in [-0.15, -0.1) is 5.06 Å². The number of amides is 4. The molecular weight excluding hydrogens is 514 g/mol. The number of hydrogen-bond acceptors (Lipinski definition) is 10. The first-order valence-electron chi connectivity index (χ1n) is 12.0. The summed E-state index contributed by atoms with van der Waals surface area (Å²) in [5.41, 5.74) is -0.849. The highest BCUT2D eigenvalue weighted by Crippen LogP contribution is 2.14. The Morgan fingerprint density at radius 1 is 1.00 bits per heavy atom. The number of nitrogens with one attached hydrogen (secondary N) is 2. The molecule has 0 spiro atoms. The molecule has 14 nitrogen and oxygen atoms in total. The smallest absolute Gasteiger partial charge is 0.413 e. The maximum absolute atomic E-state index is 12.7. The molecule has 14 heteroatoms. The van der Waals surface area contributed by atoms with Gasteiger partial charge in [-0.1, -0.05) is 30.3 Å². The molecule has 0 saturated carbocycles. The summed E-state index contributed by atoms with van der Waals surface area (Å²) in [4.78, 5) is 81.9. The molecule has 1 aliphatic rings. The van der Waals surface area contributed by atoms with Crippen molar-refractivity contribution in [3.05, 3.63) is 58.6 Å². The summed E-state index contributed by atoms with van der Waals surface area (Å²) in [5, 5.41) is 5.05. The summed E-state index contributed by atoms with van der Waals surface area (Å²) >= 11 is 0. The molecule has 1 saturated heterocycles. The van der Waals surface area contributed by atoms with E-state index < -0.39 is 47.3 Å². The first kappa shape index (κ1) is 28.8. The number of hydrogen-bond donors (Lipinski definition) is 2. The van der Waals surface area contributed by atoms with Crippen LogP contribution in [0, 0.1) is 0 Å². The number of alkyl carbamates (subject to hydrolysis) is 1. The monoisotopic (exact) mass is 543 g/mol. The van der Waals surface area contributed by atoms with E-state index in [4.69, 9.17) is 14.3 Å². The SMILES string of the molecule is CC(C)(C)OC(=O)N[C@@H](CCn1ccc(NC(=O)OCc2ccccc2)nc1=O)C(=O)ON1C(=O)CCC1=O. The average molecular weight is 544 g/mol. The third-order valence-electron chi connectivity index (χ3n) is 5.14. The van der Waals surface area contributed by atoms with Crippen LogP contribution in [-0.4, -0.2) is 56.2 Å². The van der Waals surface area contributed by atoms with E-state index >= 15 is 0 Å². The van der Waals surface area contributed by atoms with Gasteiger partial charge in [0.1, 0.15) is 24.1 Å². The van der Waals surface area contributed by atoms with E-state index in [1.165, 1.54) is 12.3 Å². The quantitative estimate of drug-likeness (QED) is 0.444. The lowest BCUT2D eigenvalue weighted by molar-refractivity contribution is -0.199. The second kappa shape index (κ2) is 12.7. The highest BCUT2D eigenvalue weighted by atomic mass is 16.7. The standard InChI is InChI=1S/C25H29N5O9/c1-25(2,3)38-24(36)26-17(21(33)39-30-19(31)9-10-20(30)32)11-13-29-14-12-18(27-22(29)34)28-23(35)37-15-16-7-5-4-6-8-16/h4-8,12,14,17H,9-11,13,15H2,1-3H3,(H,26,36)(H,27,28,34,35)/t17-/m0/s1. The van der Waals surface area contributed by atoms with Crippen LogP contribution in [0.1, 0.15) is 45.6 Å². The fourth-order valence-electron chi connectivity index (χ4n) is 3.31. The maximum atomic E-state index is 12.7. The van der Waals surface area contributed by atoms with Crippen LogP contribution in [0.4, 0.5) is 15.4 Å². The van der Waals surface area contributed by atoms with E-state index in [-0.39, 0.29) is 38.2 Å². The van der Waals surface area contributed by atoms with Crippen LogP contribution in [0.15, 0.2) is 47.4 Å². The number of nitrogens with zero attached hydrogens (tertiary/aromatic N) is 3. The number of rotatable bonds is 9. The maximum Gasteiger partial charge on any atom is 0.413 e. The highest BCUT2D eigenvalue weighted by molar-refractivity contribution is 6.01. The van der Waals surface area contributed by atoms with Crippen molar-refractivity contribution in [1.29, 1.82) is 0 Å². The van der Waals surface area contributed by atoms with Crippen LogP contribution in [0.2, 0.25) is 0 Å². The molecule has 1 aliphatic heterocycles. The van der Waals surface area contributed by atoms with Crippen LogP contribution in [0.5, 0.6) is 0 Å². The zero-order valence-corrected chi connectivity index (χ0v) is 21.7. The zero-order chi connectivity index (χ0) is 28.6. The summed E-state index contributed by atoms with van der Waals surface area (Å²) in [5.74, 6) is -2.52.